The second kappa shape index (κ2) is 7.33. The van der Waals surface area contributed by atoms with Crippen molar-refractivity contribution in [2.75, 3.05) is 5.32 Å². The molecule has 7 heteroatoms. The van der Waals surface area contributed by atoms with Crippen molar-refractivity contribution in [2.24, 2.45) is 0 Å². The van der Waals surface area contributed by atoms with E-state index < -0.39 is 0 Å². The smallest absolute Gasteiger partial charge is 0.232 e. The van der Waals surface area contributed by atoms with E-state index >= 15 is 0 Å². The van der Waals surface area contributed by atoms with Gasteiger partial charge in [0.05, 0.1) is 24.1 Å². The molecule has 0 unspecified atom stereocenters. The van der Waals surface area contributed by atoms with Gasteiger partial charge in [0.25, 0.3) is 0 Å². The van der Waals surface area contributed by atoms with Gasteiger partial charge in [-0.25, -0.2) is 9.97 Å². The van der Waals surface area contributed by atoms with E-state index in [1.807, 2.05) is 22.9 Å². The molecule has 28 heavy (non-hydrogen) atoms. The maximum absolute atomic E-state index is 12.4. The number of carbonyl (C=O) groups excluding carboxylic acids is 1. The molecule has 140 valence electrons. The Morgan fingerprint density at radius 1 is 1.11 bits per heavy atom. The van der Waals surface area contributed by atoms with E-state index in [4.69, 9.17) is 4.42 Å². The molecule has 0 atom stereocenters. The first-order valence-electron chi connectivity index (χ1n) is 9.10. The highest BCUT2D eigenvalue weighted by molar-refractivity contribution is 7.14. The topological polar surface area (TPSA) is 68.0 Å². The first-order valence-corrected chi connectivity index (χ1v) is 10.9. The molecule has 3 heterocycles. The van der Waals surface area contributed by atoms with Crippen LogP contribution in [0.15, 0.2) is 51.8 Å². The van der Waals surface area contributed by atoms with Crippen LogP contribution in [0.2, 0.25) is 0 Å². The highest BCUT2D eigenvalue weighted by Gasteiger charge is 2.15. The fourth-order valence-electron chi connectivity index (χ4n) is 3.42. The van der Waals surface area contributed by atoms with Crippen LogP contribution in [0.5, 0.6) is 0 Å². The summed E-state index contributed by atoms with van der Waals surface area (Å²) >= 11 is 2.91. The number of amides is 1. The predicted molar refractivity (Wildman–Crippen MR) is 112 cm³/mol. The van der Waals surface area contributed by atoms with Crippen LogP contribution in [0.4, 0.5) is 5.13 Å². The van der Waals surface area contributed by atoms with Crippen LogP contribution >= 0.6 is 22.7 Å². The van der Waals surface area contributed by atoms with Gasteiger partial charge in [-0.2, -0.15) is 0 Å². The number of aromatic nitrogens is 2. The van der Waals surface area contributed by atoms with Crippen molar-refractivity contribution in [3.8, 4) is 22.0 Å². The molecule has 5 rings (SSSR count). The predicted octanol–water partition coefficient (Wildman–Crippen LogP) is 5.20. The summed E-state index contributed by atoms with van der Waals surface area (Å²) < 4.78 is 5.35. The molecule has 0 aliphatic heterocycles. The maximum Gasteiger partial charge on any atom is 0.232 e. The third-order valence-corrected chi connectivity index (χ3v) is 6.43. The van der Waals surface area contributed by atoms with Gasteiger partial charge in [0.2, 0.25) is 5.91 Å². The first-order chi connectivity index (χ1) is 13.7. The molecule has 0 saturated heterocycles. The minimum absolute atomic E-state index is 0.119. The molecule has 0 radical (unpaired) electrons. The van der Waals surface area contributed by atoms with Crippen molar-refractivity contribution in [3.63, 3.8) is 0 Å². The maximum atomic E-state index is 12.4. The van der Waals surface area contributed by atoms with Gasteiger partial charge in [-0.3, -0.25) is 4.79 Å². The van der Waals surface area contributed by atoms with Crippen molar-refractivity contribution < 1.29 is 9.21 Å². The quantitative estimate of drug-likeness (QED) is 0.494. The second-order valence-corrected chi connectivity index (χ2v) is 8.44. The summed E-state index contributed by atoms with van der Waals surface area (Å²) in [6.07, 6.45) is 5.38. The molecule has 0 bridgehead atoms. The third kappa shape index (κ3) is 3.50. The SMILES string of the molecule is O=C(Cc1csc(-c2ccco2)n1)Nc1nc(-c2ccc3c(c2)CCC3)cs1. The Hall–Kier alpha value is -2.77. The third-order valence-electron chi connectivity index (χ3n) is 4.77. The summed E-state index contributed by atoms with van der Waals surface area (Å²) in [5, 5.41) is 8.15. The van der Waals surface area contributed by atoms with E-state index in [0.717, 1.165) is 34.1 Å². The highest BCUT2D eigenvalue weighted by Crippen LogP contribution is 2.30. The molecule has 0 fully saturated rings. The van der Waals surface area contributed by atoms with E-state index in [1.54, 1.807) is 6.26 Å². The molecule has 0 saturated carbocycles. The number of carbonyl (C=O) groups is 1. The van der Waals surface area contributed by atoms with Gasteiger partial charge in [0.1, 0.15) is 0 Å². The average molecular weight is 408 g/mol. The molecule has 1 aliphatic carbocycles. The minimum atomic E-state index is -0.119. The number of benzene rings is 1. The van der Waals surface area contributed by atoms with Crippen molar-refractivity contribution >= 4 is 33.7 Å². The lowest BCUT2D eigenvalue weighted by atomic mass is 10.1. The van der Waals surface area contributed by atoms with Crippen molar-refractivity contribution in [3.05, 3.63) is 64.2 Å². The molecule has 1 N–H and O–H groups in total. The summed E-state index contributed by atoms with van der Waals surface area (Å²) in [4.78, 5) is 21.4. The molecular weight excluding hydrogens is 390 g/mol. The summed E-state index contributed by atoms with van der Waals surface area (Å²) in [6, 6.07) is 10.2. The largest absolute Gasteiger partial charge is 0.462 e. The van der Waals surface area contributed by atoms with E-state index in [2.05, 4.69) is 33.5 Å². The fourth-order valence-corrected chi connectivity index (χ4v) is 4.95. The molecule has 4 aromatic rings. The molecular formula is C21H17N3O2S2. The van der Waals surface area contributed by atoms with Crippen LogP contribution in [0.25, 0.3) is 22.0 Å². The first kappa shape index (κ1) is 17.3. The normalized spacial score (nSPS) is 12.9. The van der Waals surface area contributed by atoms with Gasteiger partial charge in [0, 0.05) is 16.3 Å². The summed E-state index contributed by atoms with van der Waals surface area (Å²) in [6.45, 7) is 0. The van der Waals surface area contributed by atoms with Crippen LogP contribution in [0.3, 0.4) is 0 Å². The number of hydrogen-bond donors (Lipinski definition) is 1. The lowest BCUT2D eigenvalue weighted by Gasteiger charge is -2.02. The number of thiazole rings is 2. The minimum Gasteiger partial charge on any atom is -0.462 e. The number of furan rings is 1. The number of fused-ring (bicyclic) bond motifs is 1. The Bertz CT molecular complexity index is 1130. The van der Waals surface area contributed by atoms with Gasteiger partial charge < -0.3 is 9.73 Å². The summed E-state index contributed by atoms with van der Waals surface area (Å²) in [7, 11) is 0. The lowest BCUT2D eigenvalue weighted by molar-refractivity contribution is -0.115. The van der Waals surface area contributed by atoms with Gasteiger partial charge in [-0.15, -0.1) is 22.7 Å². The lowest BCUT2D eigenvalue weighted by Crippen LogP contribution is -2.14. The van der Waals surface area contributed by atoms with E-state index in [-0.39, 0.29) is 12.3 Å². The zero-order valence-corrected chi connectivity index (χ0v) is 16.6. The number of nitrogens with zero attached hydrogens (tertiary/aromatic N) is 2. The van der Waals surface area contributed by atoms with Crippen molar-refractivity contribution in [1.82, 2.24) is 9.97 Å². The van der Waals surface area contributed by atoms with E-state index in [1.165, 1.54) is 46.6 Å². The van der Waals surface area contributed by atoms with Crippen LogP contribution in [-0.4, -0.2) is 15.9 Å². The fraction of sp³-hybridized carbons (Fsp3) is 0.190. The van der Waals surface area contributed by atoms with Gasteiger partial charge in [0.15, 0.2) is 15.9 Å². The molecule has 1 aliphatic rings. The Morgan fingerprint density at radius 3 is 2.93 bits per heavy atom. The van der Waals surface area contributed by atoms with E-state index in [9.17, 15) is 4.79 Å². The van der Waals surface area contributed by atoms with Crippen LogP contribution in [-0.2, 0) is 24.1 Å². The molecule has 1 amide bonds. The Morgan fingerprint density at radius 2 is 2.04 bits per heavy atom. The number of nitrogens with one attached hydrogen (secondary N) is 1. The second-order valence-electron chi connectivity index (χ2n) is 6.72. The molecule has 3 aromatic heterocycles. The Kier molecular flexibility index (Phi) is 4.54. The Labute approximate surface area is 170 Å². The number of hydrogen-bond acceptors (Lipinski definition) is 6. The molecule has 1 aromatic carbocycles. The zero-order valence-electron chi connectivity index (χ0n) is 15.0. The Balaban J connectivity index is 1.25. The summed E-state index contributed by atoms with van der Waals surface area (Å²) in [5.41, 5.74) is 5.62. The zero-order chi connectivity index (χ0) is 18.9. The van der Waals surface area contributed by atoms with Crippen molar-refractivity contribution in [1.29, 1.82) is 0 Å². The highest BCUT2D eigenvalue weighted by atomic mass is 32.1. The number of aryl methyl sites for hydroxylation is 2. The number of anilines is 1. The summed E-state index contributed by atoms with van der Waals surface area (Å²) in [5.74, 6) is 0.599. The number of rotatable bonds is 5. The molecule has 5 nitrogen and oxygen atoms in total. The van der Waals surface area contributed by atoms with E-state index in [0.29, 0.717) is 5.13 Å². The standard InChI is InChI=1S/C21H17N3O2S2/c25-19(10-16-11-27-20(22-16)18-5-2-8-26-18)24-21-23-17(12-28-21)15-7-6-13-3-1-4-14(13)9-15/h2,5-9,11-12H,1,3-4,10H2,(H,23,24,25). The van der Waals surface area contributed by atoms with Gasteiger partial charge in [-0.1, -0.05) is 12.1 Å². The monoisotopic (exact) mass is 407 g/mol. The molecule has 0 spiro atoms. The van der Waals surface area contributed by atoms with Crippen LogP contribution in [0, 0.1) is 0 Å². The average Bonchev–Trinajstić information content (AvgIpc) is 3.47. The van der Waals surface area contributed by atoms with Gasteiger partial charge in [-0.05, 0) is 48.6 Å². The van der Waals surface area contributed by atoms with Crippen molar-refractivity contribution in [2.45, 2.75) is 25.7 Å². The van der Waals surface area contributed by atoms with Crippen LogP contribution in [0.1, 0.15) is 23.2 Å². The van der Waals surface area contributed by atoms with Crippen LogP contribution < -0.4 is 5.32 Å². The van der Waals surface area contributed by atoms with Gasteiger partial charge >= 0.3 is 0 Å².